The first-order valence-corrected chi connectivity index (χ1v) is 9.57. The first kappa shape index (κ1) is 17.6. The van der Waals surface area contributed by atoms with Crippen molar-refractivity contribution in [2.24, 2.45) is 0 Å². The maximum atomic E-state index is 12.5. The van der Waals surface area contributed by atoms with Gasteiger partial charge in [0.2, 0.25) is 6.79 Å². The van der Waals surface area contributed by atoms with Crippen LogP contribution in [-0.4, -0.2) is 18.6 Å². The van der Waals surface area contributed by atoms with E-state index in [1.165, 1.54) is 11.3 Å². The molecule has 3 aromatic rings. The third-order valence-corrected chi connectivity index (χ3v) is 5.43. The van der Waals surface area contributed by atoms with E-state index in [2.05, 4.69) is 26.6 Å². The molecular weight excluding hydrogens is 432 g/mol. The Labute approximate surface area is 167 Å². The number of carbonyl (C=O) groups is 2. The van der Waals surface area contributed by atoms with Crippen molar-refractivity contribution in [3.63, 3.8) is 0 Å². The minimum Gasteiger partial charge on any atom is -0.454 e. The molecule has 0 aliphatic carbocycles. The Hall–Kier alpha value is -2.84. The standard InChI is InChI=1S/C19H13BrN2O4S/c20-17-7-6-16(27-17)19(24)22-13-3-1-2-12(9-13)21-18(23)11-4-5-14-15(8-11)26-10-25-14/h1-9H,10H2,(H,21,23)(H,22,24). The van der Waals surface area contributed by atoms with Crippen LogP contribution in [0.2, 0.25) is 0 Å². The predicted octanol–water partition coefficient (Wildman–Crippen LogP) is 4.74. The second-order valence-electron chi connectivity index (χ2n) is 5.66. The Kier molecular flexibility index (Phi) is 4.83. The third kappa shape index (κ3) is 3.96. The van der Waals surface area contributed by atoms with Crippen LogP contribution in [0.1, 0.15) is 20.0 Å². The molecule has 2 N–H and O–H groups in total. The summed E-state index contributed by atoms with van der Waals surface area (Å²) in [6.45, 7) is 0.156. The summed E-state index contributed by atoms with van der Waals surface area (Å²) in [6.07, 6.45) is 0. The minimum atomic E-state index is -0.279. The lowest BCUT2D eigenvalue weighted by Crippen LogP contribution is -2.13. The van der Waals surface area contributed by atoms with E-state index in [0.717, 1.165) is 3.79 Å². The Bertz CT molecular complexity index is 1030. The van der Waals surface area contributed by atoms with E-state index in [1.54, 1.807) is 48.5 Å². The van der Waals surface area contributed by atoms with Crippen molar-refractivity contribution in [3.8, 4) is 11.5 Å². The second kappa shape index (κ2) is 7.42. The van der Waals surface area contributed by atoms with Crippen LogP contribution < -0.4 is 20.1 Å². The fourth-order valence-electron chi connectivity index (χ4n) is 2.54. The molecule has 1 aromatic heterocycles. The van der Waals surface area contributed by atoms with E-state index >= 15 is 0 Å². The van der Waals surface area contributed by atoms with Crippen LogP contribution in [-0.2, 0) is 0 Å². The van der Waals surface area contributed by atoms with Gasteiger partial charge in [0, 0.05) is 16.9 Å². The van der Waals surface area contributed by atoms with Crippen LogP contribution in [0.4, 0.5) is 11.4 Å². The topological polar surface area (TPSA) is 76.7 Å². The highest BCUT2D eigenvalue weighted by Gasteiger charge is 2.16. The number of rotatable bonds is 4. The van der Waals surface area contributed by atoms with Crippen LogP contribution in [0.5, 0.6) is 11.5 Å². The van der Waals surface area contributed by atoms with Gasteiger partial charge in [-0.15, -0.1) is 11.3 Å². The molecule has 2 heterocycles. The lowest BCUT2D eigenvalue weighted by molar-refractivity contribution is 0.102. The largest absolute Gasteiger partial charge is 0.454 e. The number of ether oxygens (including phenoxy) is 2. The summed E-state index contributed by atoms with van der Waals surface area (Å²) in [4.78, 5) is 25.3. The average molecular weight is 445 g/mol. The van der Waals surface area contributed by atoms with Crippen LogP contribution >= 0.6 is 27.3 Å². The Balaban J connectivity index is 1.46. The quantitative estimate of drug-likeness (QED) is 0.608. The van der Waals surface area contributed by atoms with Gasteiger partial charge in [0.1, 0.15) is 0 Å². The average Bonchev–Trinajstić information content (AvgIpc) is 3.30. The lowest BCUT2D eigenvalue weighted by Gasteiger charge is -2.09. The van der Waals surface area contributed by atoms with E-state index < -0.39 is 0 Å². The highest BCUT2D eigenvalue weighted by molar-refractivity contribution is 9.11. The Morgan fingerprint density at radius 2 is 1.63 bits per heavy atom. The second-order valence-corrected chi connectivity index (χ2v) is 8.12. The van der Waals surface area contributed by atoms with Gasteiger partial charge in [0.15, 0.2) is 11.5 Å². The zero-order valence-electron chi connectivity index (χ0n) is 13.8. The van der Waals surface area contributed by atoms with Crippen molar-refractivity contribution in [3.05, 3.63) is 68.8 Å². The van der Waals surface area contributed by atoms with Crippen molar-refractivity contribution in [2.45, 2.75) is 0 Å². The van der Waals surface area contributed by atoms with E-state index in [9.17, 15) is 9.59 Å². The molecule has 0 saturated carbocycles. The summed E-state index contributed by atoms with van der Waals surface area (Å²) >= 11 is 4.69. The molecule has 6 nitrogen and oxygen atoms in total. The van der Waals surface area contributed by atoms with E-state index in [1.807, 2.05) is 6.07 Å². The molecule has 2 amide bonds. The summed E-state index contributed by atoms with van der Waals surface area (Å²) in [5, 5.41) is 5.64. The number of carbonyl (C=O) groups excluding carboxylic acids is 2. The summed E-state index contributed by atoms with van der Waals surface area (Å²) in [6, 6.07) is 15.5. The first-order chi connectivity index (χ1) is 13.1. The van der Waals surface area contributed by atoms with Gasteiger partial charge in [-0.3, -0.25) is 9.59 Å². The van der Waals surface area contributed by atoms with Gasteiger partial charge in [-0.25, -0.2) is 0 Å². The van der Waals surface area contributed by atoms with E-state index in [0.29, 0.717) is 33.3 Å². The van der Waals surface area contributed by atoms with Crippen LogP contribution in [0.25, 0.3) is 0 Å². The number of hydrogen-bond donors (Lipinski definition) is 2. The van der Waals surface area contributed by atoms with Crippen LogP contribution in [0.3, 0.4) is 0 Å². The zero-order chi connectivity index (χ0) is 18.8. The molecule has 0 spiro atoms. The van der Waals surface area contributed by atoms with E-state index in [4.69, 9.17) is 9.47 Å². The monoisotopic (exact) mass is 444 g/mol. The third-order valence-electron chi connectivity index (χ3n) is 3.81. The fraction of sp³-hybridized carbons (Fsp3) is 0.0526. The predicted molar refractivity (Wildman–Crippen MR) is 107 cm³/mol. The number of thiophene rings is 1. The van der Waals surface area contributed by atoms with Crippen molar-refractivity contribution >= 4 is 50.5 Å². The maximum Gasteiger partial charge on any atom is 0.265 e. The van der Waals surface area contributed by atoms with Crippen molar-refractivity contribution < 1.29 is 19.1 Å². The number of anilines is 2. The van der Waals surface area contributed by atoms with Gasteiger partial charge >= 0.3 is 0 Å². The molecule has 0 saturated heterocycles. The molecule has 0 unspecified atom stereocenters. The number of hydrogen-bond acceptors (Lipinski definition) is 5. The number of benzene rings is 2. The minimum absolute atomic E-state index is 0.156. The van der Waals surface area contributed by atoms with Gasteiger partial charge in [0.25, 0.3) is 11.8 Å². The molecule has 0 atom stereocenters. The number of halogens is 1. The fourth-order valence-corrected chi connectivity index (χ4v) is 3.83. The highest BCUT2D eigenvalue weighted by Crippen LogP contribution is 2.32. The number of fused-ring (bicyclic) bond motifs is 1. The molecule has 0 radical (unpaired) electrons. The molecule has 8 heteroatoms. The first-order valence-electron chi connectivity index (χ1n) is 7.96. The van der Waals surface area contributed by atoms with Crippen LogP contribution in [0.15, 0.2) is 58.4 Å². The highest BCUT2D eigenvalue weighted by atomic mass is 79.9. The van der Waals surface area contributed by atoms with Crippen molar-refractivity contribution in [1.29, 1.82) is 0 Å². The molecule has 1 aliphatic rings. The molecule has 27 heavy (non-hydrogen) atoms. The van der Waals surface area contributed by atoms with Crippen LogP contribution in [0, 0.1) is 0 Å². The Morgan fingerprint density at radius 3 is 2.37 bits per heavy atom. The molecular formula is C19H13BrN2O4S. The maximum absolute atomic E-state index is 12.5. The van der Waals surface area contributed by atoms with Crippen molar-refractivity contribution in [1.82, 2.24) is 0 Å². The summed E-state index contributed by atoms with van der Waals surface area (Å²) in [5.41, 5.74) is 1.62. The van der Waals surface area contributed by atoms with E-state index in [-0.39, 0.29) is 18.6 Å². The summed E-state index contributed by atoms with van der Waals surface area (Å²) < 4.78 is 11.4. The Morgan fingerprint density at radius 1 is 0.889 bits per heavy atom. The summed E-state index contributed by atoms with van der Waals surface area (Å²) in [7, 11) is 0. The normalized spacial score (nSPS) is 11.9. The van der Waals surface area contributed by atoms with Crippen molar-refractivity contribution in [2.75, 3.05) is 17.4 Å². The molecule has 0 fully saturated rings. The molecule has 136 valence electrons. The number of nitrogens with one attached hydrogen (secondary N) is 2. The molecule has 0 bridgehead atoms. The number of amides is 2. The zero-order valence-corrected chi connectivity index (χ0v) is 16.2. The van der Waals surface area contributed by atoms with Gasteiger partial charge < -0.3 is 20.1 Å². The molecule has 4 rings (SSSR count). The van der Waals surface area contributed by atoms with Gasteiger partial charge in [-0.05, 0) is 64.5 Å². The lowest BCUT2D eigenvalue weighted by atomic mass is 10.2. The van der Waals surface area contributed by atoms with Gasteiger partial charge in [-0.2, -0.15) is 0 Å². The SMILES string of the molecule is O=C(Nc1cccc(NC(=O)c2ccc(Br)s2)c1)c1ccc2c(c1)OCO2. The van der Waals surface area contributed by atoms with Gasteiger partial charge in [0.05, 0.1) is 8.66 Å². The van der Waals surface area contributed by atoms with Gasteiger partial charge in [-0.1, -0.05) is 6.07 Å². The molecule has 1 aliphatic heterocycles. The smallest absolute Gasteiger partial charge is 0.265 e. The molecule has 2 aromatic carbocycles. The summed E-state index contributed by atoms with van der Waals surface area (Å²) in [5.74, 6) is 0.686.